The first-order valence-electron chi connectivity index (χ1n) is 11.5. The van der Waals surface area contributed by atoms with E-state index < -0.39 is 8.53 Å². The van der Waals surface area contributed by atoms with E-state index in [1.807, 2.05) is 6.07 Å². The zero-order chi connectivity index (χ0) is 24.9. The average Bonchev–Trinajstić information content (AvgIpc) is 2.83. The van der Waals surface area contributed by atoms with Crippen LogP contribution in [0.2, 0.25) is 0 Å². The summed E-state index contributed by atoms with van der Waals surface area (Å²) >= 11 is 0. The van der Waals surface area contributed by atoms with Gasteiger partial charge in [0.25, 0.3) is 14.4 Å². The lowest BCUT2D eigenvalue weighted by Gasteiger charge is -2.35. The van der Waals surface area contributed by atoms with Crippen molar-refractivity contribution in [3.63, 3.8) is 0 Å². The van der Waals surface area contributed by atoms with Gasteiger partial charge in [-0.15, -0.1) is 0 Å². The van der Waals surface area contributed by atoms with Crippen LogP contribution in [0.3, 0.4) is 0 Å². The third kappa shape index (κ3) is 8.30. The molecule has 182 valence electrons. The SMILES string of the molecule is CC(C)N(C(C)C)P(OCCC#N)OCCCNC(=O)c1ccccc1C(=O)c1ccccc1. The summed E-state index contributed by atoms with van der Waals surface area (Å²) in [5, 5.41) is 11.7. The summed E-state index contributed by atoms with van der Waals surface area (Å²) < 4.78 is 14.1. The Labute approximate surface area is 204 Å². The molecule has 0 aromatic heterocycles. The molecule has 1 amide bonds. The number of carbonyl (C=O) groups excluding carboxylic acids is 2. The van der Waals surface area contributed by atoms with Crippen molar-refractivity contribution in [2.75, 3.05) is 19.8 Å². The van der Waals surface area contributed by atoms with E-state index in [4.69, 9.17) is 14.3 Å². The summed E-state index contributed by atoms with van der Waals surface area (Å²) in [6.45, 7) is 9.46. The Morgan fingerprint density at radius 1 is 0.941 bits per heavy atom. The molecule has 2 aromatic rings. The van der Waals surface area contributed by atoms with Gasteiger partial charge >= 0.3 is 0 Å². The maximum absolute atomic E-state index is 12.9. The lowest BCUT2D eigenvalue weighted by atomic mass is 9.98. The quantitative estimate of drug-likeness (QED) is 0.222. The van der Waals surface area contributed by atoms with Crippen LogP contribution in [0.15, 0.2) is 54.6 Å². The van der Waals surface area contributed by atoms with E-state index in [0.29, 0.717) is 49.3 Å². The van der Waals surface area contributed by atoms with E-state index in [-0.39, 0.29) is 23.8 Å². The van der Waals surface area contributed by atoms with E-state index in [0.717, 1.165) is 0 Å². The summed E-state index contributed by atoms with van der Waals surface area (Å²) in [6, 6.07) is 18.3. The highest BCUT2D eigenvalue weighted by Crippen LogP contribution is 2.45. The molecule has 2 aromatic carbocycles. The van der Waals surface area contributed by atoms with Crippen LogP contribution in [0, 0.1) is 11.3 Å². The zero-order valence-electron chi connectivity index (χ0n) is 20.4. The molecular formula is C26H34N3O4P. The standard InChI is InChI=1S/C26H34N3O4P/c1-20(2)29(21(3)4)34(32-18-10-16-27)33-19-11-17-28-26(31)24-15-9-8-14-23(24)25(30)22-12-6-5-7-13-22/h5-9,12-15,20-21H,10-11,17-19H2,1-4H3,(H,28,31). The summed E-state index contributed by atoms with van der Waals surface area (Å²) in [5.74, 6) is -0.476. The largest absolute Gasteiger partial charge is 0.352 e. The summed E-state index contributed by atoms with van der Waals surface area (Å²) in [7, 11) is -1.31. The van der Waals surface area contributed by atoms with Crippen LogP contribution < -0.4 is 5.32 Å². The topological polar surface area (TPSA) is 91.7 Å². The predicted molar refractivity (Wildman–Crippen MR) is 134 cm³/mol. The van der Waals surface area contributed by atoms with E-state index in [1.54, 1.807) is 48.5 Å². The minimum Gasteiger partial charge on any atom is -0.352 e. The van der Waals surface area contributed by atoms with Gasteiger partial charge in [-0.3, -0.25) is 9.59 Å². The fourth-order valence-electron chi connectivity index (χ4n) is 3.45. The Balaban J connectivity index is 1.92. The van der Waals surface area contributed by atoms with Crippen LogP contribution in [0.25, 0.3) is 0 Å². The van der Waals surface area contributed by atoms with Gasteiger partial charge in [0, 0.05) is 29.8 Å². The smallest absolute Gasteiger partial charge is 0.259 e. The van der Waals surface area contributed by atoms with Gasteiger partial charge in [0.05, 0.1) is 31.3 Å². The van der Waals surface area contributed by atoms with Crippen molar-refractivity contribution in [2.45, 2.75) is 52.6 Å². The molecule has 1 N–H and O–H groups in total. The summed E-state index contributed by atoms with van der Waals surface area (Å²) in [4.78, 5) is 25.7. The minimum absolute atomic E-state index is 0.183. The number of ketones is 1. The van der Waals surface area contributed by atoms with Gasteiger partial charge in [0.2, 0.25) is 0 Å². The Hall–Kier alpha value is -2.62. The molecule has 0 radical (unpaired) electrons. The highest BCUT2D eigenvalue weighted by molar-refractivity contribution is 7.44. The van der Waals surface area contributed by atoms with Crippen molar-refractivity contribution >= 4 is 20.2 Å². The van der Waals surface area contributed by atoms with Gasteiger partial charge < -0.3 is 14.4 Å². The predicted octanol–water partition coefficient (Wildman–Crippen LogP) is 5.33. The van der Waals surface area contributed by atoms with Crippen molar-refractivity contribution in [1.82, 2.24) is 9.99 Å². The molecule has 1 unspecified atom stereocenters. The Kier molecular flexibility index (Phi) is 11.9. The average molecular weight is 484 g/mol. The molecule has 0 aliphatic carbocycles. The Morgan fingerprint density at radius 2 is 1.53 bits per heavy atom. The number of amides is 1. The molecular weight excluding hydrogens is 449 g/mol. The van der Waals surface area contributed by atoms with Gasteiger partial charge in [-0.2, -0.15) is 5.26 Å². The number of rotatable bonds is 14. The van der Waals surface area contributed by atoms with Crippen molar-refractivity contribution in [1.29, 1.82) is 5.26 Å². The maximum Gasteiger partial charge on any atom is 0.259 e. The van der Waals surface area contributed by atoms with Gasteiger partial charge in [-0.25, -0.2) is 4.67 Å². The molecule has 2 rings (SSSR count). The van der Waals surface area contributed by atoms with Crippen LogP contribution in [-0.2, 0) is 9.05 Å². The summed E-state index contributed by atoms with van der Waals surface area (Å²) in [5.41, 5.74) is 1.27. The fraction of sp³-hybridized carbons (Fsp3) is 0.423. The third-order valence-corrected chi connectivity index (χ3v) is 7.03. The molecule has 0 saturated carbocycles. The number of nitriles is 1. The molecule has 7 nitrogen and oxygen atoms in total. The molecule has 34 heavy (non-hydrogen) atoms. The Bertz CT molecular complexity index is 952. The lowest BCUT2D eigenvalue weighted by Crippen LogP contribution is -2.34. The first-order chi connectivity index (χ1) is 16.4. The van der Waals surface area contributed by atoms with Gasteiger partial charge in [0.15, 0.2) is 5.78 Å². The third-order valence-electron chi connectivity index (χ3n) is 4.92. The van der Waals surface area contributed by atoms with Crippen molar-refractivity contribution in [2.24, 2.45) is 0 Å². The highest BCUT2D eigenvalue weighted by atomic mass is 31.2. The second-order valence-corrected chi connectivity index (χ2v) is 9.68. The van der Waals surface area contributed by atoms with E-state index >= 15 is 0 Å². The lowest BCUT2D eigenvalue weighted by molar-refractivity contribution is 0.0939. The van der Waals surface area contributed by atoms with Crippen LogP contribution >= 0.6 is 8.53 Å². The number of carbonyl (C=O) groups is 2. The molecule has 0 aliphatic heterocycles. The normalized spacial score (nSPS) is 12.1. The van der Waals surface area contributed by atoms with Crippen molar-refractivity contribution in [3.05, 3.63) is 71.3 Å². The van der Waals surface area contributed by atoms with E-state index in [9.17, 15) is 9.59 Å². The first kappa shape index (κ1) is 27.6. The monoisotopic (exact) mass is 483 g/mol. The van der Waals surface area contributed by atoms with Crippen LogP contribution in [0.5, 0.6) is 0 Å². The fourth-order valence-corrected chi connectivity index (χ4v) is 5.08. The molecule has 0 spiro atoms. The van der Waals surface area contributed by atoms with Gasteiger partial charge in [-0.1, -0.05) is 48.5 Å². The molecule has 0 bridgehead atoms. The number of nitrogens with one attached hydrogen (secondary N) is 1. The molecule has 0 aliphatic rings. The number of benzene rings is 2. The van der Waals surface area contributed by atoms with Gasteiger partial charge in [0.1, 0.15) is 0 Å². The molecule has 0 saturated heterocycles. The van der Waals surface area contributed by atoms with Crippen molar-refractivity contribution in [3.8, 4) is 6.07 Å². The second-order valence-electron chi connectivity index (χ2n) is 8.23. The summed E-state index contributed by atoms with van der Waals surface area (Å²) in [6.07, 6.45) is 0.897. The van der Waals surface area contributed by atoms with Crippen LogP contribution in [-0.4, -0.2) is 48.2 Å². The van der Waals surface area contributed by atoms with E-state index in [1.165, 1.54) is 0 Å². The zero-order valence-corrected chi connectivity index (χ0v) is 21.3. The number of hydrogen-bond acceptors (Lipinski definition) is 6. The number of nitrogens with zero attached hydrogens (tertiary/aromatic N) is 2. The van der Waals surface area contributed by atoms with Crippen LogP contribution in [0.1, 0.15) is 66.8 Å². The molecule has 8 heteroatoms. The number of hydrogen-bond donors (Lipinski definition) is 1. The van der Waals surface area contributed by atoms with Crippen LogP contribution in [0.4, 0.5) is 0 Å². The molecule has 0 heterocycles. The Morgan fingerprint density at radius 3 is 2.15 bits per heavy atom. The minimum atomic E-state index is -1.31. The molecule has 0 fully saturated rings. The molecule has 1 atom stereocenters. The highest BCUT2D eigenvalue weighted by Gasteiger charge is 2.27. The first-order valence-corrected chi connectivity index (χ1v) is 12.7. The second kappa shape index (κ2) is 14.6. The van der Waals surface area contributed by atoms with Gasteiger partial charge in [-0.05, 0) is 40.2 Å². The maximum atomic E-state index is 12.9. The van der Waals surface area contributed by atoms with Crippen molar-refractivity contribution < 1.29 is 18.6 Å². The van der Waals surface area contributed by atoms with E-state index in [2.05, 4.69) is 43.8 Å².